The summed E-state index contributed by atoms with van der Waals surface area (Å²) in [6, 6.07) is 2.38. The molecule has 1 aromatic carbocycles. The summed E-state index contributed by atoms with van der Waals surface area (Å²) in [5.41, 5.74) is 0.357. The van der Waals surface area contributed by atoms with Crippen LogP contribution in [0.3, 0.4) is 0 Å². The van der Waals surface area contributed by atoms with Crippen molar-refractivity contribution in [3.05, 3.63) is 46.5 Å². The fourth-order valence-electron chi connectivity index (χ4n) is 1.23. The molecule has 0 bridgehead atoms. The van der Waals surface area contributed by atoms with Crippen LogP contribution in [-0.2, 0) is 0 Å². The van der Waals surface area contributed by atoms with Crippen molar-refractivity contribution in [3.8, 4) is 0 Å². The van der Waals surface area contributed by atoms with Gasteiger partial charge in [0.15, 0.2) is 11.6 Å². The predicted octanol–water partition coefficient (Wildman–Crippen LogP) is 3.73. The van der Waals surface area contributed by atoms with Crippen molar-refractivity contribution >= 4 is 15.9 Å². The summed E-state index contributed by atoms with van der Waals surface area (Å²) in [6.07, 6.45) is 1.91. The van der Waals surface area contributed by atoms with Gasteiger partial charge in [-0.15, -0.1) is 6.58 Å². The van der Waals surface area contributed by atoms with Gasteiger partial charge < -0.3 is 5.11 Å². The summed E-state index contributed by atoms with van der Waals surface area (Å²) >= 11 is 2.92. The lowest BCUT2D eigenvalue weighted by Crippen LogP contribution is -2.01. The average Bonchev–Trinajstić information content (AvgIpc) is 2.23. The first-order chi connectivity index (χ1) is 7.07. The third-order valence-electron chi connectivity index (χ3n) is 2.07. The highest BCUT2D eigenvalue weighted by Crippen LogP contribution is 2.29. The van der Waals surface area contributed by atoms with E-state index in [2.05, 4.69) is 22.5 Å². The van der Waals surface area contributed by atoms with Gasteiger partial charge >= 0.3 is 0 Å². The van der Waals surface area contributed by atoms with E-state index in [1.807, 2.05) is 0 Å². The van der Waals surface area contributed by atoms with E-state index in [0.717, 1.165) is 6.07 Å². The number of benzene rings is 1. The molecule has 0 aliphatic heterocycles. The molecule has 82 valence electrons. The van der Waals surface area contributed by atoms with Crippen LogP contribution in [0.2, 0.25) is 0 Å². The third kappa shape index (κ3) is 2.86. The van der Waals surface area contributed by atoms with E-state index in [-0.39, 0.29) is 4.47 Å². The summed E-state index contributed by atoms with van der Waals surface area (Å²) < 4.78 is 25.9. The van der Waals surface area contributed by atoms with Crippen LogP contribution >= 0.6 is 15.9 Å². The fraction of sp³-hybridized carbons (Fsp3) is 0.273. The lowest BCUT2D eigenvalue weighted by molar-refractivity contribution is 0.167. The molecule has 0 spiro atoms. The van der Waals surface area contributed by atoms with E-state index in [4.69, 9.17) is 0 Å². The van der Waals surface area contributed by atoms with Crippen molar-refractivity contribution in [3.63, 3.8) is 0 Å². The lowest BCUT2D eigenvalue weighted by Gasteiger charge is -2.12. The Kier molecular flexibility index (Phi) is 4.42. The SMILES string of the molecule is C=CCCC(O)c1ccc(F)c(F)c1Br. The summed E-state index contributed by atoms with van der Waals surface area (Å²) in [4.78, 5) is 0. The fourth-order valence-corrected chi connectivity index (χ4v) is 1.82. The van der Waals surface area contributed by atoms with Crippen LogP contribution in [-0.4, -0.2) is 5.11 Å². The van der Waals surface area contributed by atoms with Crippen LogP contribution < -0.4 is 0 Å². The Bertz CT molecular complexity index is 366. The predicted molar refractivity (Wildman–Crippen MR) is 58.4 cm³/mol. The molecule has 0 saturated heterocycles. The zero-order valence-corrected chi connectivity index (χ0v) is 9.60. The van der Waals surface area contributed by atoms with Gasteiger partial charge in [-0.25, -0.2) is 8.78 Å². The van der Waals surface area contributed by atoms with Gasteiger partial charge in [0.25, 0.3) is 0 Å². The van der Waals surface area contributed by atoms with Crippen LogP contribution in [0, 0.1) is 11.6 Å². The molecule has 15 heavy (non-hydrogen) atoms. The van der Waals surface area contributed by atoms with Crippen molar-refractivity contribution in [2.24, 2.45) is 0 Å². The molecule has 0 aliphatic rings. The van der Waals surface area contributed by atoms with Gasteiger partial charge in [-0.3, -0.25) is 0 Å². The molecule has 0 fully saturated rings. The molecule has 1 aromatic rings. The van der Waals surface area contributed by atoms with Crippen LogP contribution in [0.15, 0.2) is 29.3 Å². The molecule has 0 saturated carbocycles. The van der Waals surface area contributed by atoms with Crippen LogP contribution in [0.5, 0.6) is 0 Å². The molecule has 0 amide bonds. The summed E-state index contributed by atoms with van der Waals surface area (Å²) in [6.45, 7) is 3.52. The topological polar surface area (TPSA) is 20.2 Å². The molecule has 1 rings (SSSR count). The Labute approximate surface area is 95.6 Å². The van der Waals surface area contributed by atoms with Crippen LogP contribution in [0.4, 0.5) is 8.78 Å². The van der Waals surface area contributed by atoms with E-state index < -0.39 is 17.7 Å². The zero-order valence-electron chi connectivity index (χ0n) is 8.01. The van der Waals surface area contributed by atoms with Gasteiger partial charge in [0, 0.05) is 0 Å². The molecule has 4 heteroatoms. The number of hydrogen-bond donors (Lipinski definition) is 1. The standard InChI is InChI=1S/C11H11BrF2O/c1-2-3-4-9(15)7-5-6-8(13)11(14)10(7)12/h2,5-6,9,15H,1,3-4H2. The first-order valence-corrected chi connectivity index (χ1v) is 5.29. The van der Waals surface area contributed by atoms with E-state index >= 15 is 0 Å². The molecule has 0 radical (unpaired) electrons. The summed E-state index contributed by atoms with van der Waals surface area (Å²) in [5.74, 6) is -1.90. The van der Waals surface area contributed by atoms with Crippen LogP contribution in [0.1, 0.15) is 24.5 Å². The number of halogens is 3. The quantitative estimate of drug-likeness (QED) is 0.656. The second-order valence-corrected chi connectivity index (χ2v) is 3.94. The van der Waals surface area contributed by atoms with Gasteiger partial charge in [-0.2, -0.15) is 0 Å². The van der Waals surface area contributed by atoms with E-state index in [9.17, 15) is 13.9 Å². The van der Waals surface area contributed by atoms with E-state index in [1.165, 1.54) is 6.07 Å². The third-order valence-corrected chi connectivity index (χ3v) is 2.87. The van der Waals surface area contributed by atoms with Crippen molar-refractivity contribution in [1.29, 1.82) is 0 Å². The highest BCUT2D eigenvalue weighted by atomic mass is 79.9. The molecule has 1 unspecified atom stereocenters. The highest BCUT2D eigenvalue weighted by Gasteiger charge is 2.16. The number of hydrogen-bond acceptors (Lipinski definition) is 1. The van der Waals surface area contributed by atoms with Gasteiger partial charge in [-0.05, 0) is 40.4 Å². The second kappa shape index (κ2) is 5.37. The Balaban J connectivity index is 2.94. The Morgan fingerprint density at radius 1 is 1.47 bits per heavy atom. The molecule has 1 nitrogen and oxygen atoms in total. The van der Waals surface area contributed by atoms with E-state index in [1.54, 1.807) is 6.08 Å². The minimum atomic E-state index is -0.967. The molecule has 0 heterocycles. The maximum absolute atomic E-state index is 13.1. The Hall–Kier alpha value is -0.740. The molecule has 1 N–H and O–H groups in total. The maximum Gasteiger partial charge on any atom is 0.173 e. The largest absolute Gasteiger partial charge is 0.388 e. The van der Waals surface area contributed by atoms with Crippen molar-refractivity contribution < 1.29 is 13.9 Å². The molecule has 1 atom stereocenters. The minimum Gasteiger partial charge on any atom is -0.388 e. The van der Waals surface area contributed by atoms with Gasteiger partial charge in [0.05, 0.1) is 10.6 Å². The molecular weight excluding hydrogens is 266 g/mol. The second-order valence-electron chi connectivity index (χ2n) is 3.15. The monoisotopic (exact) mass is 276 g/mol. The minimum absolute atomic E-state index is 0.0148. The number of allylic oxidation sites excluding steroid dienone is 1. The van der Waals surface area contributed by atoms with Crippen molar-refractivity contribution in [1.82, 2.24) is 0 Å². The van der Waals surface area contributed by atoms with Gasteiger partial charge in [-0.1, -0.05) is 12.1 Å². The number of aliphatic hydroxyl groups excluding tert-OH is 1. The smallest absolute Gasteiger partial charge is 0.173 e. The van der Waals surface area contributed by atoms with Gasteiger partial charge in [0.2, 0.25) is 0 Å². The van der Waals surface area contributed by atoms with Gasteiger partial charge in [0.1, 0.15) is 0 Å². The van der Waals surface area contributed by atoms with Crippen molar-refractivity contribution in [2.45, 2.75) is 18.9 Å². The Morgan fingerprint density at radius 3 is 2.73 bits per heavy atom. The lowest BCUT2D eigenvalue weighted by atomic mass is 10.0. The molecule has 0 aromatic heterocycles. The van der Waals surface area contributed by atoms with Crippen LogP contribution in [0.25, 0.3) is 0 Å². The highest BCUT2D eigenvalue weighted by molar-refractivity contribution is 9.10. The Morgan fingerprint density at radius 2 is 2.13 bits per heavy atom. The number of aliphatic hydroxyl groups is 1. The molecular formula is C11H11BrF2O. The first-order valence-electron chi connectivity index (χ1n) is 4.50. The van der Waals surface area contributed by atoms with E-state index in [0.29, 0.717) is 18.4 Å². The normalized spacial score (nSPS) is 12.5. The number of rotatable bonds is 4. The van der Waals surface area contributed by atoms with Crippen molar-refractivity contribution in [2.75, 3.05) is 0 Å². The maximum atomic E-state index is 13.1. The average molecular weight is 277 g/mol. The summed E-state index contributed by atoms with van der Waals surface area (Å²) in [5, 5.41) is 9.68. The molecule has 0 aliphatic carbocycles. The summed E-state index contributed by atoms with van der Waals surface area (Å²) in [7, 11) is 0. The zero-order chi connectivity index (χ0) is 11.4. The first kappa shape index (κ1) is 12.3.